The number of unbranched alkanes of at least 4 members (excludes halogenated alkanes) is 3. The van der Waals surface area contributed by atoms with E-state index in [1.807, 2.05) is 0 Å². The van der Waals surface area contributed by atoms with Gasteiger partial charge in [0.15, 0.2) is 0 Å². The summed E-state index contributed by atoms with van der Waals surface area (Å²) in [5, 5.41) is 6.36. The van der Waals surface area contributed by atoms with E-state index in [0.29, 0.717) is 29.7 Å². The quantitative estimate of drug-likeness (QED) is 0.296. The SMILES string of the molecule is O=C(/C=C/c1ccc(Cl)c(Cl)c1)NCCCCCCN1CCN(C(=O)Nc2cc(F)cc(F)c2)CC1. The molecule has 2 N–H and O–H groups in total. The number of benzene rings is 2. The first-order valence-electron chi connectivity index (χ1n) is 12.0. The van der Waals surface area contributed by atoms with E-state index in [1.165, 1.54) is 6.08 Å². The summed E-state index contributed by atoms with van der Waals surface area (Å²) in [5.41, 5.74) is 0.918. The summed E-state index contributed by atoms with van der Waals surface area (Å²) in [6.45, 7) is 4.20. The number of rotatable bonds is 10. The maximum Gasteiger partial charge on any atom is 0.321 e. The Bertz CT molecular complexity index is 1060. The van der Waals surface area contributed by atoms with Gasteiger partial charge in [0.1, 0.15) is 11.6 Å². The van der Waals surface area contributed by atoms with E-state index in [0.717, 1.165) is 69.1 Å². The molecule has 1 heterocycles. The summed E-state index contributed by atoms with van der Waals surface area (Å²) in [4.78, 5) is 28.2. The lowest BCUT2D eigenvalue weighted by molar-refractivity contribution is -0.116. The third kappa shape index (κ3) is 9.41. The average Bonchev–Trinajstić information content (AvgIpc) is 2.84. The molecule has 3 rings (SSSR count). The second kappa shape index (κ2) is 14.2. The fourth-order valence-corrected chi connectivity index (χ4v) is 4.18. The number of hydrogen-bond donors (Lipinski definition) is 2. The van der Waals surface area contributed by atoms with Crippen molar-refractivity contribution >= 4 is 46.9 Å². The number of carbonyl (C=O) groups is 2. The van der Waals surface area contributed by atoms with Gasteiger partial charge in [0.2, 0.25) is 5.91 Å². The molecule has 1 saturated heterocycles. The van der Waals surface area contributed by atoms with Gasteiger partial charge in [-0.05, 0) is 55.3 Å². The third-order valence-corrected chi connectivity index (χ3v) is 6.58. The zero-order chi connectivity index (χ0) is 25.9. The number of urea groups is 1. The zero-order valence-corrected chi connectivity index (χ0v) is 21.4. The number of piperazine rings is 1. The molecule has 1 fully saturated rings. The first-order chi connectivity index (χ1) is 17.3. The Morgan fingerprint density at radius 1 is 0.889 bits per heavy atom. The minimum Gasteiger partial charge on any atom is -0.353 e. The average molecular weight is 539 g/mol. The number of nitrogens with zero attached hydrogens (tertiary/aromatic N) is 2. The fraction of sp³-hybridized carbons (Fsp3) is 0.385. The van der Waals surface area contributed by atoms with Crippen molar-refractivity contribution in [2.75, 3.05) is 44.6 Å². The lowest BCUT2D eigenvalue weighted by Crippen LogP contribution is -2.50. The van der Waals surface area contributed by atoms with Crippen LogP contribution in [0, 0.1) is 11.6 Å². The molecule has 1 aliphatic heterocycles. The van der Waals surface area contributed by atoms with Crippen LogP contribution in [0.1, 0.15) is 31.2 Å². The van der Waals surface area contributed by atoms with Gasteiger partial charge in [-0.3, -0.25) is 9.69 Å². The second-order valence-corrected chi connectivity index (χ2v) is 9.44. The van der Waals surface area contributed by atoms with Crippen molar-refractivity contribution < 1.29 is 18.4 Å². The van der Waals surface area contributed by atoms with Gasteiger partial charge >= 0.3 is 6.03 Å². The molecule has 0 bridgehead atoms. The number of hydrogen-bond acceptors (Lipinski definition) is 3. The summed E-state index contributed by atoms with van der Waals surface area (Å²) in [7, 11) is 0. The molecule has 3 amide bonds. The first-order valence-corrected chi connectivity index (χ1v) is 12.7. The Balaban J connectivity index is 1.22. The number of halogens is 4. The van der Waals surface area contributed by atoms with Crippen LogP contribution in [0.3, 0.4) is 0 Å². The van der Waals surface area contributed by atoms with E-state index < -0.39 is 11.6 Å². The van der Waals surface area contributed by atoms with Gasteiger partial charge < -0.3 is 15.5 Å². The molecule has 0 saturated carbocycles. The zero-order valence-electron chi connectivity index (χ0n) is 19.9. The van der Waals surface area contributed by atoms with Gasteiger partial charge in [-0.25, -0.2) is 13.6 Å². The van der Waals surface area contributed by atoms with Crippen molar-refractivity contribution in [3.63, 3.8) is 0 Å². The summed E-state index contributed by atoms with van der Waals surface area (Å²) >= 11 is 11.9. The van der Waals surface area contributed by atoms with Crippen LogP contribution in [-0.4, -0.2) is 61.0 Å². The molecule has 2 aromatic carbocycles. The summed E-state index contributed by atoms with van der Waals surface area (Å²) in [6, 6.07) is 7.79. The van der Waals surface area contributed by atoms with Crippen molar-refractivity contribution in [1.82, 2.24) is 15.1 Å². The van der Waals surface area contributed by atoms with Crippen molar-refractivity contribution in [3.8, 4) is 0 Å². The molecule has 0 aliphatic carbocycles. The predicted octanol–water partition coefficient (Wildman–Crippen LogP) is 5.81. The minimum absolute atomic E-state index is 0.110. The fourth-order valence-electron chi connectivity index (χ4n) is 3.88. The highest BCUT2D eigenvalue weighted by atomic mass is 35.5. The molecule has 0 radical (unpaired) electrons. The molecule has 0 aromatic heterocycles. The predicted molar refractivity (Wildman–Crippen MR) is 140 cm³/mol. The third-order valence-electron chi connectivity index (χ3n) is 5.84. The van der Waals surface area contributed by atoms with E-state index in [9.17, 15) is 18.4 Å². The van der Waals surface area contributed by atoms with Gasteiger partial charge in [-0.15, -0.1) is 0 Å². The Hall–Kier alpha value is -2.68. The number of carbonyl (C=O) groups excluding carboxylic acids is 2. The molecule has 0 spiro atoms. The molecule has 1 aliphatic rings. The molecular formula is C26H30Cl2F2N4O2. The van der Waals surface area contributed by atoms with Crippen LogP contribution in [0.4, 0.5) is 19.3 Å². The molecule has 194 valence electrons. The highest BCUT2D eigenvalue weighted by molar-refractivity contribution is 6.42. The lowest BCUT2D eigenvalue weighted by Gasteiger charge is -2.34. The first kappa shape index (κ1) is 27.9. The molecule has 6 nitrogen and oxygen atoms in total. The summed E-state index contributed by atoms with van der Waals surface area (Å²) < 4.78 is 26.6. The van der Waals surface area contributed by atoms with Crippen LogP contribution in [0.2, 0.25) is 10.0 Å². The van der Waals surface area contributed by atoms with Gasteiger partial charge in [0, 0.05) is 50.6 Å². The molecule has 0 atom stereocenters. The molecule has 10 heteroatoms. The van der Waals surface area contributed by atoms with Crippen LogP contribution in [0.5, 0.6) is 0 Å². The van der Waals surface area contributed by atoms with E-state index in [1.54, 1.807) is 29.2 Å². The number of nitrogens with one attached hydrogen (secondary N) is 2. The Morgan fingerprint density at radius 3 is 2.28 bits per heavy atom. The maximum absolute atomic E-state index is 13.3. The Labute approximate surface area is 220 Å². The molecule has 2 aromatic rings. The van der Waals surface area contributed by atoms with E-state index in [2.05, 4.69) is 15.5 Å². The van der Waals surface area contributed by atoms with Gasteiger partial charge in [0.25, 0.3) is 0 Å². The van der Waals surface area contributed by atoms with Crippen LogP contribution in [0.15, 0.2) is 42.5 Å². The Morgan fingerprint density at radius 2 is 1.58 bits per heavy atom. The maximum atomic E-state index is 13.3. The van der Waals surface area contributed by atoms with Crippen molar-refractivity contribution in [1.29, 1.82) is 0 Å². The normalized spacial score (nSPS) is 14.3. The highest BCUT2D eigenvalue weighted by Gasteiger charge is 2.21. The molecule has 36 heavy (non-hydrogen) atoms. The minimum atomic E-state index is -0.728. The Kier molecular flexibility index (Phi) is 11.0. The smallest absolute Gasteiger partial charge is 0.321 e. The standard InChI is InChI=1S/C26H30Cl2F2N4O2/c27-23-7-5-19(15-24(23)28)6-8-25(35)31-9-3-1-2-4-10-33-11-13-34(14-12-33)26(36)32-22-17-20(29)16-21(30)18-22/h5-8,15-18H,1-4,9-14H2,(H,31,35)(H,32,36)/b8-6+. The molecular weight excluding hydrogens is 509 g/mol. The van der Waals surface area contributed by atoms with E-state index in [4.69, 9.17) is 23.2 Å². The van der Waals surface area contributed by atoms with Gasteiger partial charge in [0.05, 0.1) is 10.0 Å². The van der Waals surface area contributed by atoms with Crippen molar-refractivity contribution in [2.24, 2.45) is 0 Å². The topological polar surface area (TPSA) is 64.7 Å². The largest absolute Gasteiger partial charge is 0.353 e. The van der Waals surface area contributed by atoms with Crippen molar-refractivity contribution in [2.45, 2.75) is 25.7 Å². The van der Waals surface area contributed by atoms with E-state index in [-0.39, 0.29) is 17.6 Å². The lowest BCUT2D eigenvalue weighted by atomic mass is 10.1. The number of amides is 3. The van der Waals surface area contributed by atoms with Gasteiger partial charge in [-0.1, -0.05) is 42.1 Å². The summed E-state index contributed by atoms with van der Waals surface area (Å²) in [5.74, 6) is -1.60. The monoisotopic (exact) mass is 538 g/mol. The van der Waals surface area contributed by atoms with E-state index >= 15 is 0 Å². The molecule has 0 unspecified atom stereocenters. The van der Waals surface area contributed by atoms with Crippen LogP contribution < -0.4 is 10.6 Å². The van der Waals surface area contributed by atoms with Crippen LogP contribution in [0.25, 0.3) is 6.08 Å². The van der Waals surface area contributed by atoms with Crippen LogP contribution >= 0.6 is 23.2 Å². The highest BCUT2D eigenvalue weighted by Crippen LogP contribution is 2.23. The number of anilines is 1. The summed E-state index contributed by atoms with van der Waals surface area (Å²) in [6.07, 6.45) is 7.20. The van der Waals surface area contributed by atoms with Crippen molar-refractivity contribution in [3.05, 3.63) is 69.7 Å². The van der Waals surface area contributed by atoms with Crippen LogP contribution in [-0.2, 0) is 4.79 Å². The van der Waals surface area contributed by atoms with Gasteiger partial charge in [-0.2, -0.15) is 0 Å². The second-order valence-electron chi connectivity index (χ2n) is 8.63.